The van der Waals surface area contributed by atoms with Crippen molar-refractivity contribution >= 4 is 63.7 Å². The molecule has 2 unspecified atom stereocenters. The molecule has 0 bridgehead atoms. The number of anilines is 5. The lowest BCUT2D eigenvalue weighted by molar-refractivity contribution is -0.133. The number of nitrogens with two attached hydrogens (primary N) is 1. The predicted molar refractivity (Wildman–Crippen MR) is 207 cm³/mol. The van der Waals surface area contributed by atoms with Gasteiger partial charge in [-0.1, -0.05) is 11.8 Å². The number of carbonyl (C=O) groups excluding carboxylic acids is 4. The van der Waals surface area contributed by atoms with Gasteiger partial charge in [0.1, 0.15) is 17.4 Å². The van der Waals surface area contributed by atoms with Crippen molar-refractivity contribution in [2.24, 2.45) is 5.73 Å². The van der Waals surface area contributed by atoms with Crippen LogP contribution >= 0.6 is 0 Å². The molecule has 6 heterocycles. The van der Waals surface area contributed by atoms with Crippen molar-refractivity contribution < 1.29 is 28.0 Å². The van der Waals surface area contributed by atoms with Crippen LogP contribution in [0.15, 0.2) is 41.1 Å². The second-order valence-electron chi connectivity index (χ2n) is 14.5. The molecule has 4 saturated heterocycles. The number of benzene rings is 2. The number of hydrogen-bond acceptors (Lipinski definition) is 14. The van der Waals surface area contributed by atoms with Crippen LogP contribution in [-0.2, 0) is 9.59 Å². The summed E-state index contributed by atoms with van der Waals surface area (Å²) in [6.07, 6.45) is 3.66. The van der Waals surface area contributed by atoms with Crippen LogP contribution in [0.5, 0.6) is 0 Å². The molecule has 0 radical (unpaired) electrons. The minimum atomic E-state index is -0.824. The maximum atomic E-state index is 15.6. The van der Waals surface area contributed by atoms with Crippen LogP contribution < -0.4 is 31.5 Å². The summed E-state index contributed by atoms with van der Waals surface area (Å²) in [6, 6.07) is 7.81. The fraction of sp³-hybridized carbons (Fsp3) is 0.421. The van der Waals surface area contributed by atoms with Crippen molar-refractivity contribution in [2.45, 2.75) is 37.8 Å². The number of aromatic nitrogens is 4. The van der Waals surface area contributed by atoms with Crippen LogP contribution in [-0.4, -0.2) is 137 Å². The number of carbonyl (C=O) groups is 4. The monoisotopic (exact) mass is 779 g/mol. The predicted octanol–water partition coefficient (Wildman–Crippen LogP) is 1.72. The highest BCUT2D eigenvalue weighted by Gasteiger charge is 2.35. The van der Waals surface area contributed by atoms with E-state index in [1.807, 2.05) is 20.8 Å². The molecule has 0 aliphatic carbocycles. The molecule has 4 fully saturated rings. The van der Waals surface area contributed by atoms with Crippen molar-refractivity contribution in [3.63, 3.8) is 0 Å². The molecule has 296 valence electrons. The summed E-state index contributed by atoms with van der Waals surface area (Å²) in [5, 5.41) is 16.8. The molecule has 8 rings (SSSR count). The van der Waals surface area contributed by atoms with Gasteiger partial charge in [0.25, 0.3) is 5.91 Å². The van der Waals surface area contributed by atoms with Crippen molar-refractivity contribution in [3.05, 3.63) is 53.8 Å². The molecule has 18 nitrogen and oxygen atoms in total. The third-order valence-electron chi connectivity index (χ3n) is 10.8. The molecular formula is C38H42FN13O5. The molecule has 4 aliphatic heterocycles. The van der Waals surface area contributed by atoms with Gasteiger partial charge in [0, 0.05) is 71.5 Å². The van der Waals surface area contributed by atoms with Gasteiger partial charge in [0.2, 0.25) is 17.8 Å². The normalized spacial score (nSPS) is 20.4. The molecule has 19 heteroatoms. The van der Waals surface area contributed by atoms with Crippen LogP contribution in [0.25, 0.3) is 11.1 Å². The maximum Gasteiger partial charge on any atom is 0.320 e. The van der Waals surface area contributed by atoms with Crippen LogP contribution in [0.3, 0.4) is 0 Å². The Hall–Kier alpha value is -6.55. The Kier molecular flexibility index (Phi) is 10.4. The smallest absolute Gasteiger partial charge is 0.320 e. The van der Waals surface area contributed by atoms with Gasteiger partial charge < -0.3 is 40.4 Å². The van der Waals surface area contributed by atoms with Gasteiger partial charge >= 0.3 is 6.03 Å². The van der Waals surface area contributed by atoms with Crippen LogP contribution in [0.4, 0.5) is 38.0 Å². The maximum absolute atomic E-state index is 15.6. The number of rotatable bonds is 9. The lowest BCUT2D eigenvalue weighted by Crippen LogP contribution is -2.49. The first-order valence-corrected chi connectivity index (χ1v) is 18.9. The number of amides is 5. The number of fused-ring (bicyclic) bond motifs is 1. The number of nitrogens with one attached hydrogen (secondary N) is 3. The molecule has 2 aromatic carbocycles. The standard InChI is InChI=1S/C38H42FN13O5/c1-48-14-19-52(38(48)56)25-5-3-13-51(21-25)37-45-35(32(34(40)54)46-47-37)42-24-7-10-29(26(39)20-24)50-17-15-49(16-18-50)12-2-4-23-6-8-27(33-31(23)41-22-57-33)43-28-9-11-30(53)44-36(28)55/h6-8,10,20,22,25,28,43H,3,5,9,11-19,21H2,1H3,(H2,40,54)(H,42,45,47)(H,44,53,55). The molecule has 5 amide bonds. The quantitative estimate of drug-likeness (QED) is 0.141. The Morgan fingerprint density at radius 1 is 1.04 bits per heavy atom. The second-order valence-corrected chi connectivity index (χ2v) is 14.5. The summed E-state index contributed by atoms with van der Waals surface area (Å²) in [6.45, 7) is 5.51. The average Bonchev–Trinajstić information content (AvgIpc) is 3.84. The van der Waals surface area contributed by atoms with E-state index in [0.717, 1.165) is 12.8 Å². The summed E-state index contributed by atoms with van der Waals surface area (Å²) in [5.41, 5.74) is 8.57. The first kappa shape index (κ1) is 37.4. The molecule has 4 aromatic rings. The fourth-order valence-electron chi connectivity index (χ4n) is 7.66. The van der Waals surface area contributed by atoms with Crippen molar-refractivity contribution in [1.82, 2.24) is 40.2 Å². The van der Waals surface area contributed by atoms with E-state index in [9.17, 15) is 19.2 Å². The number of piperidine rings is 2. The summed E-state index contributed by atoms with van der Waals surface area (Å²) in [5.74, 6) is 4.84. The highest BCUT2D eigenvalue weighted by molar-refractivity contribution is 6.02. The highest BCUT2D eigenvalue weighted by Crippen LogP contribution is 2.29. The third kappa shape index (κ3) is 7.94. The Balaban J connectivity index is 0.875. The summed E-state index contributed by atoms with van der Waals surface area (Å²) < 4.78 is 21.3. The molecule has 57 heavy (non-hydrogen) atoms. The van der Waals surface area contributed by atoms with Crippen molar-refractivity contribution in [1.29, 1.82) is 0 Å². The molecular weight excluding hydrogens is 738 g/mol. The van der Waals surface area contributed by atoms with Crippen molar-refractivity contribution in [3.8, 4) is 11.8 Å². The zero-order chi connectivity index (χ0) is 39.6. The van der Waals surface area contributed by atoms with Gasteiger partial charge in [-0.2, -0.15) is 4.98 Å². The topological polar surface area (TPSA) is 211 Å². The zero-order valence-electron chi connectivity index (χ0n) is 31.3. The van der Waals surface area contributed by atoms with E-state index in [0.29, 0.717) is 99.0 Å². The number of imide groups is 1. The second kappa shape index (κ2) is 15.9. The Morgan fingerprint density at radius 2 is 1.88 bits per heavy atom. The Labute approximate surface area is 326 Å². The van der Waals surface area contributed by atoms with E-state index < -0.39 is 17.8 Å². The number of nitrogens with zero attached hydrogens (tertiary/aromatic N) is 9. The van der Waals surface area contributed by atoms with Crippen molar-refractivity contribution in [2.75, 3.05) is 86.4 Å². The van der Waals surface area contributed by atoms with Crippen LogP contribution in [0.2, 0.25) is 0 Å². The van der Waals surface area contributed by atoms with Gasteiger partial charge in [-0.15, -0.1) is 10.2 Å². The van der Waals surface area contributed by atoms with E-state index >= 15 is 4.39 Å². The van der Waals surface area contributed by atoms with E-state index in [4.69, 9.17) is 10.2 Å². The molecule has 2 atom stereocenters. The summed E-state index contributed by atoms with van der Waals surface area (Å²) in [4.78, 5) is 67.3. The lowest BCUT2D eigenvalue weighted by atomic mass is 10.0. The van der Waals surface area contributed by atoms with Gasteiger partial charge in [-0.05, 0) is 49.6 Å². The SMILES string of the molecule is CN1CCN(C2CCCN(c3nnc(C(N)=O)c(Nc4ccc(N5CCN(CC#Cc6ccc(NC7CCC(=O)NC7=O)c7ocnc67)CC5)c(F)c4)n3)C2)C1=O. The van der Waals surface area contributed by atoms with Gasteiger partial charge in [0.05, 0.1) is 29.5 Å². The van der Waals surface area contributed by atoms with Gasteiger partial charge in [0.15, 0.2) is 23.5 Å². The molecule has 0 spiro atoms. The zero-order valence-corrected chi connectivity index (χ0v) is 31.3. The first-order chi connectivity index (χ1) is 27.6. The third-order valence-corrected chi connectivity index (χ3v) is 10.8. The van der Waals surface area contributed by atoms with E-state index in [1.54, 1.807) is 30.1 Å². The van der Waals surface area contributed by atoms with Gasteiger partial charge in [-0.3, -0.25) is 24.6 Å². The average molecular weight is 780 g/mol. The van der Waals surface area contributed by atoms with Gasteiger partial charge in [-0.25, -0.2) is 14.2 Å². The molecule has 4 aliphatic rings. The number of primary amides is 1. The Bertz CT molecular complexity index is 2280. The largest absolute Gasteiger partial charge is 0.441 e. The molecule has 2 aromatic heterocycles. The fourth-order valence-corrected chi connectivity index (χ4v) is 7.66. The van der Waals surface area contributed by atoms with Crippen LogP contribution in [0.1, 0.15) is 41.7 Å². The number of likely N-dealkylation sites (N-methyl/N-ethyl adjacent to an activating group) is 1. The molecule has 0 saturated carbocycles. The minimum Gasteiger partial charge on any atom is -0.441 e. The lowest BCUT2D eigenvalue weighted by Gasteiger charge is -2.37. The number of urea groups is 1. The van der Waals surface area contributed by atoms with E-state index in [2.05, 4.69) is 52.9 Å². The number of hydrogen-bond donors (Lipinski definition) is 4. The van der Waals surface area contributed by atoms with E-state index in [-0.39, 0.29) is 47.8 Å². The van der Waals surface area contributed by atoms with E-state index in [1.165, 1.54) is 12.5 Å². The number of halogens is 1. The number of oxazole rings is 1. The van der Waals surface area contributed by atoms with Crippen LogP contribution in [0, 0.1) is 17.7 Å². The summed E-state index contributed by atoms with van der Waals surface area (Å²) in [7, 11) is 1.79. The summed E-state index contributed by atoms with van der Waals surface area (Å²) >= 11 is 0. The first-order valence-electron chi connectivity index (χ1n) is 18.9. The minimum absolute atomic E-state index is 0.00256. The molecule has 5 N–H and O–H groups in total. The highest BCUT2D eigenvalue weighted by atomic mass is 19.1. The Morgan fingerprint density at radius 3 is 2.63 bits per heavy atom. The number of piperazine rings is 1.